The monoisotopic (exact) mass is 330 g/mol. The highest BCUT2D eigenvalue weighted by Gasteiger charge is 2.36. The number of nitrogens with zero attached hydrogens (tertiary/aromatic N) is 2. The first-order valence-corrected chi connectivity index (χ1v) is 7.53. The van der Waals surface area contributed by atoms with Crippen molar-refractivity contribution in [2.24, 2.45) is 0 Å². The molecule has 1 amide bonds. The van der Waals surface area contributed by atoms with E-state index in [1.54, 1.807) is 4.90 Å². The van der Waals surface area contributed by atoms with Gasteiger partial charge in [0.25, 0.3) is 0 Å². The molecule has 126 valence electrons. The molecule has 23 heavy (non-hydrogen) atoms. The van der Waals surface area contributed by atoms with Gasteiger partial charge in [0, 0.05) is 18.3 Å². The number of pyridine rings is 1. The molecular formula is C15H17F3N2O3. The van der Waals surface area contributed by atoms with E-state index >= 15 is 0 Å². The molecule has 0 saturated carbocycles. The largest absolute Gasteiger partial charge is 0.476 e. The van der Waals surface area contributed by atoms with E-state index in [2.05, 4.69) is 4.98 Å². The number of hydrogen-bond acceptors (Lipinski definition) is 4. The van der Waals surface area contributed by atoms with Crippen LogP contribution in [0.3, 0.4) is 0 Å². The number of aryl methyl sites for hydroxylation is 1. The topological polar surface area (TPSA) is 51.7 Å². The van der Waals surface area contributed by atoms with Crippen LogP contribution in [-0.4, -0.2) is 48.7 Å². The van der Waals surface area contributed by atoms with Gasteiger partial charge in [-0.1, -0.05) is 0 Å². The van der Waals surface area contributed by atoms with Gasteiger partial charge in [0.1, 0.15) is 13.2 Å². The predicted octanol–water partition coefficient (Wildman–Crippen LogP) is 1.83. The van der Waals surface area contributed by atoms with Gasteiger partial charge in [-0.3, -0.25) is 4.79 Å². The molecule has 0 spiro atoms. The van der Waals surface area contributed by atoms with Gasteiger partial charge in [-0.2, -0.15) is 13.2 Å². The Morgan fingerprint density at radius 2 is 2.17 bits per heavy atom. The first kappa shape index (κ1) is 16.0. The van der Waals surface area contributed by atoms with Crippen LogP contribution in [0.4, 0.5) is 13.2 Å². The number of carbonyl (C=O) groups excluding carboxylic acids is 1. The number of ether oxygens (including phenoxy) is 2. The van der Waals surface area contributed by atoms with E-state index in [-0.39, 0.29) is 30.6 Å². The van der Waals surface area contributed by atoms with Crippen LogP contribution in [0.1, 0.15) is 23.2 Å². The summed E-state index contributed by atoms with van der Waals surface area (Å²) in [7, 11) is 0. The highest BCUT2D eigenvalue weighted by atomic mass is 19.4. The van der Waals surface area contributed by atoms with Crippen molar-refractivity contribution in [1.82, 2.24) is 9.88 Å². The summed E-state index contributed by atoms with van der Waals surface area (Å²) in [5, 5.41) is 0. The third kappa shape index (κ3) is 3.57. The molecule has 2 heterocycles. The van der Waals surface area contributed by atoms with E-state index in [9.17, 15) is 18.0 Å². The van der Waals surface area contributed by atoms with Crippen molar-refractivity contribution in [2.45, 2.75) is 25.4 Å². The molecule has 0 aromatic carbocycles. The average molecular weight is 330 g/mol. The highest BCUT2D eigenvalue weighted by molar-refractivity contribution is 5.77. The van der Waals surface area contributed by atoms with Crippen LogP contribution in [-0.2, 0) is 28.5 Å². The second-order valence-corrected chi connectivity index (χ2v) is 5.57. The van der Waals surface area contributed by atoms with Crippen molar-refractivity contribution in [1.29, 1.82) is 0 Å². The summed E-state index contributed by atoms with van der Waals surface area (Å²) in [6.45, 7) is 1.38. The molecule has 1 saturated heterocycles. The minimum absolute atomic E-state index is 0.0290. The second-order valence-electron chi connectivity index (χ2n) is 5.57. The normalized spacial score (nSPS) is 18.2. The number of amides is 1. The Morgan fingerprint density at radius 3 is 2.91 bits per heavy atom. The van der Waals surface area contributed by atoms with Crippen LogP contribution >= 0.6 is 0 Å². The van der Waals surface area contributed by atoms with Gasteiger partial charge < -0.3 is 14.4 Å². The summed E-state index contributed by atoms with van der Waals surface area (Å²) in [5.74, 6) is -0.170. The molecule has 5 nitrogen and oxygen atoms in total. The molecule has 8 heteroatoms. The van der Waals surface area contributed by atoms with E-state index in [1.165, 1.54) is 0 Å². The lowest BCUT2D eigenvalue weighted by atomic mass is 10.1. The van der Waals surface area contributed by atoms with E-state index < -0.39 is 11.7 Å². The number of rotatable bonds is 4. The van der Waals surface area contributed by atoms with Crippen LogP contribution in [0.15, 0.2) is 6.07 Å². The smallest absolute Gasteiger partial charge is 0.416 e. The van der Waals surface area contributed by atoms with Gasteiger partial charge in [-0.25, -0.2) is 4.98 Å². The first-order valence-electron chi connectivity index (χ1n) is 7.53. The fourth-order valence-electron chi connectivity index (χ4n) is 2.89. The maximum Gasteiger partial charge on any atom is 0.416 e. The lowest BCUT2D eigenvalue weighted by molar-refractivity contribution is -0.143. The Kier molecular flexibility index (Phi) is 4.43. The Morgan fingerprint density at radius 1 is 1.35 bits per heavy atom. The summed E-state index contributed by atoms with van der Waals surface area (Å²) in [6, 6.07) is 0.964. The SMILES string of the molecule is O=C1COCCN1CCOc1cc(C(F)(F)F)c2c(n1)CCC2. The molecule has 0 N–H and O–H groups in total. The van der Waals surface area contributed by atoms with E-state index in [0.717, 1.165) is 6.07 Å². The van der Waals surface area contributed by atoms with Gasteiger partial charge in [0.2, 0.25) is 11.8 Å². The molecule has 0 atom stereocenters. The van der Waals surface area contributed by atoms with Crippen LogP contribution in [0.25, 0.3) is 0 Å². The molecule has 1 fully saturated rings. The Bertz CT molecular complexity index is 604. The molecular weight excluding hydrogens is 313 g/mol. The van der Waals surface area contributed by atoms with E-state index in [0.29, 0.717) is 44.7 Å². The Balaban J connectivity index is 1.67. The summed E-state index contributed by atoms with van der Waals surface area (Å²) in [5.41, 5.74) is 0.0999. The minimum atomic E-state index is -4.41. The van der Waals surface area contributed by atoms with Crippen LogP contribution in [0, 0.1) is 0 Å². The fourth-order valence-corrected chi connectivity index (χ4v) is 2.89. The number of fused-ring (bicyclic) bond motifs is 1. The molecule has 0 unspecified atom stereocenters. The number of carbonyl (C=O) groups is 1. The third-order valence-electron chi connectivity index (χ3n) is 4.03. The maximum absolute atomic E-state index is 13.1. The molecule has 0 radical (unpaired) electrons. The van der Waals surface area contributed by atoms with E-state index in [4.69, 9.17) is 9.47 Å². The Labute approximate surface area is 131 Å². The quantitative estimate of drug-likeness (QED) is 0.845. The van der Waals surface area contributed by atoms with Gasteiger partial charge in [0.05, 0.1) is 18.7 Å². The molecule has 1 aromatic rings. The van der Waals surface area contributed by atoms with Crippen LogP contribution in [0.2, 0.25) is 0 Å². The van der Waals surface area contributed by atoms with Gasteiger partial charge in [0.15, 0.2) is 0 Å². The Hall–Kier alpha value is -1.83. The van der Waals surface area contributed by atoms with Crippen molar-refractivity contribution in [2.75, 3.05) is 32.9 Å². The van der Waals surface area contributed by atoms with Gasteiger partial charge in [-0.05, 0) is 24.8 Å². The van der Waals surface area contributed by atoms with Crippen molar-refractivity contribution in [3.8, 4) is 5.88 Å². The molecule has 2 aliphatic rings. The van der Waals surface area contributed by atoms with Crippen molar-refractivity contribution in [3.63, 3.8) is 0 Å². The highest BCUT2D eigenvalue weighted by Crippen LogP contribution is 2.38. The number of halogens is 3. The van der Waals surface area contributed by atoms with E-state index in [1.807, 2.05) is 0 Å². The van der Waals surface area contributed by atoms with Crippen molar-refractivity contribution in [3.05, 3.63) is 22.9 Å². The number of morpholine rings is 1. The zero-order valence-corrected chi connectivity index (χ0v) is 12.5. The third-order valence-corrected chi connectivity index (χ3v) is 4.03. The van der Waals surface area contributed by atoms with Crippen molar-refractivity contribution >= 4 is 5.91 Å². The zero-order chi connectivity index (χ0) is 16.4. The molecule has 1 aliphatic carbocycles. The van der Waals surface area contributed by atoms with Gasteiger partial charge >= 0.3 is 6.18 Å². The molecule has 3 rings (SSSR count). The zero-order valence-electron chi connectivity index (χ0n) is 12.5. The fraction of sp³-hybridized carbons (Fsp3) is 0.600. The minimum Gasteiger partial charge on any atom is -0.476 e. The van der Waals surface area contributed by atoms with Crippen LogP contribution in [0.5, 0.6) is 5.88 Å². The molecule has 0 bridgehead atoms. The summed E-state index contributed by atoms with van der Waals surface area (Å²) < 4.78 is 49.8. The van der Waals surface area contributed by atoms with Crippen LogP contribution < -0.4 is 4.74 Å². The lowest BCUT2D eigenvalue weighted by Crippen LogP contribution is -2.43. The standard InChI is InChI=1S/C15H17F3N2O3/c16-15(17,18)11-8-13(19-12-3-1-2-10(11)12)23-7-5-20-4-6-22-9-14(20)21/h8H,1-7,9H2. The average Bonchev–Trinajstić information content (AvgIpc) is 2.95. The summed E-state index contributed by atoms with van der Waals surface area (Å²) in [6.07, 6.45) is -2.79. The predicted molar refractivity (Wildman–Crippen MR) is 74.2 cm³/mol. The first-order chi connectivity index (χ1) is 10.9. The summed E-state index contributed by atoms with van der Waals surface area (Å²) in [4.78, 5) is 17.3. The lowest BCUT2D eigenvalue weighted by Gasteiger charge is -2.26. The molecule has 1 aromatic heterocycles. The number of alkyl halides is 3. The van der Waals surface area contributed by atoms with Gasteiger partial charge in [-0.15, -0.1) is 0 Å². The second kappa shape index (κ2) is 6.35. The van der Waals surface area contributed by atoms with Crippen molar-refractivity contribution < 1.29 is 27.4 Å². The maximum atomic E-state index is 13.1. The number of hydrogen-bond donors (Lipinski definition) is 0. The molecule has 1 aliphatic heterocycles. The summed E-state index contributed by atoms with van der Waals surface area (Å²) >= 11 is 0. The number of aromatic nitrogens is 1.